The summed E-state index contributed by atoms with van der Waals surface area (Å²) in [6.45, 7) is 1.22. The van der Waals surface area contributed by atoms with Crippen LogP contribution in [0.4, 0.5) is 0 Å². The SMILES string of the molecule is OCc1cccc(OCCCOc2cccc(Br)c2)c1. The summed E-state index contributed by atoms with van der Waals surface area (Å²) in [6.07, 6.45) is 0.801. The van der Waals surface area contributed by atoms with Crippen molar-refractivity contribution >= 4 is 15.9 Å². The van der Waals surface area contributed by atoms with Crippen molar-refractivity contribution in [1.82, 2.24) is 0 Å². The number of ether oxygens (including phenoxy) is 2. The first-order chi connectivity index (χ1) is 9.78. The van der Waals surface area contributed by atoms with E-state index in [1.54, 1.807) is 0 Å². The molecule has 0 atom stereocenters. The number of halogens is 1. The summed E-state index contributed by atoms with van der Waals surface area (Å²) < 4.78 is 12.2. The molecule has 1 N–H and O–H groups in total. The second-order valence-electron chi connectivity index (χ2n) is 4.31. The molecular formula is C16H17BrO3. The van der Waals surface area contributed by atoms with Crippen molar-refractivity contribution in [1.29, 1.82) is 0 Å². The highest BCUT2D eigenvalue weighted by molar-refractivity contribution is 9.10. The summed E-state index contributed by atoms with van der Waals surface area (Å²) in [5.41, 5.74) is 0.855. The molecule has 0 saturated heterocycles. The third-order valence-electron chi connectivity index (χ3n) is 2.70. The van der Waals surface area contributed by atoms with E-state index in [1.165, 1.54) is 0 Å². The third-order valence-corrected chi connectivity index (χ3v) is 3.20. The van der Waals surface area contributed by atoms with E-state index in [9.17, 15) is 0 Å². The second kappa shape index (κ2) is 7.92. The molecule has 20 heavy (non-hydrogen) atoms. The fraction of sp³-hybridized carbons (Fsp3) is 0.250. The third kappa shape index (κ3) is 4.87. The molecule has 106 valence electrons. The van der Waals surface area contributed by atoms with Crippen molar-refractivity contribution in [2.45, 2.75) is 13.0 Å². The van der Waals surface area contributed by atoms with Crippen molar-refractivity contribution in [3.05, 3.63) is 58.6 Å². The molecule has 0 aliphatic rings. The Labute approximate surface area is 127 Å². The van der Waals surface area contributed by atoms with Crippen molar-refractivity contribution in [2.75, 3.05) is 13.2 Å². The Morgan fingerprint density at radius 3 is 2.20 bits per heavy atom. The average molecular weight is 337 g/mol. The minimum absolute atomic E-state index is 0.0309. The smallest absolute Gasteiger partial charge is 0.120 e. The molecule has 0 radical (unpaired) electrons. The molecule has 0 aromatic heterocycles. The van der Waals surface area contributed by atoms with Crippen LogP contribution in [0.5, 0.6) is 11.5 Å². The van der Waals surface area contributed by atoms with E-state index in [4.69, 9.17) is 14.6 Å². The number of benzene rings is 2. The van der Waals surface area contributed by atoms with Crippen LogP contribution in [0.3, 0.4) is 0 Å². The van der Waals surface area contributed by atoms with Crippen LogP contribution in [0.25, 0.3) is 0 Å². The van der Waals surface area contributed by atoms with Gasteiger partial charge < -0.3 is 14.6 Å². The standard InChI is InChI=1S/C16H17BrO3/c17-14-5-2-7-16(11-14)20-9-3-8-19-15-6-1-4-13(10-15)12-18/h1-2,4-7,10-11,18H,3,8-9,12H2. The summed E-state index contributed by atoms with van der Waals surface area (Å²) in [5, 5.41) is 9.04. The zero-order valence-electron chi connectivity index (χ0n) is 11.1. The monoisotopic (exact) mass is 336 g/mol. The molecule has 2 aromatic rings. The van der Waals surface area contributed by atoms with E-state index in [1.807, 2.05) is 48.5 Å². The lowest BCUT2D eigenvalue weighted by molar-refractivity contribution is 0.246. The van der Waals surface area contributed by atoms with Gasteiger partial charge in [0, 0.05) is 10.9 Å². The van der Waals surface area contributed by atoms with Gasteiger partial charge >= 0.3 is 0 Å². The number of aliphatic hydroxyl groups is 1. The molecule has 3 nitrogen and oxygen atoms in total. The van der Waals surface area contributed by atoms with E-state index in [0.717, 1.165) is 28.0 Å². The van der Waals surface area contributed by atoms with Crippen molar-refractivity contribution < 1.29 is 14.6 Å². The maximum absolute atomic E-state index is 9.04. The van der Waals surface area contributed by atoms with Gasteiger partial charge in [0.2, 0.25) is 0 Å². The number of aliphatic hydroxyl groups excluding tert-OH is 1. The molecule has 2 aromatic carbocycles. The van der Waals surface area contributed by atoms with Gasteiger partial charge in [0.1, 0.15) is 11.5 Å². The summed E-state index contributed by atoms with van der Waals surface area (Å²) in [4.78, 5) is 0. The minimum Gasteiger partial charge on any atom is -0.493 e. The molecule has 0 heterocycles. The van der Waals surface area contributed by atoms with Crippen LogP contribution in [0.15, 0.2) is 53.0 Å². The van der Waals surface area contributed by atoms with Gasteiger partial charge in [-0.2, -0.15) is 0 Å². The van der Waals surface area contributed by atoms with Gasteiger partial charge in [-0.15, -0.1) is 0 Å². The number of hydrogen-bond acceptors (Lipinski definition) is 3. The van der Waals surface area contributed by atoms with Crippen LogP contribution < -0.4 is 9.47 Å². The summed E-state index contributed by atoms with van der Waals surface area (Å²) >= 11 is 3.40. The fourth-order valence-corrected chi connectivity index (χ4v) is 2.11. The Bertz CT molecular complexity index is 543. The van der Waals surface area contributed by atoms with E-state index in [0.29, 0.717) is 13.2 Å². The minimum atomic E-state index is 0.0309. The van der Waals surface area contributed by atoms with Crippen LogP contribution in [0.1, 0.15) is 12.0 Å². The topological polar surface area (TPSA) is 38.7 Å². The highest BCUT2D eigenvalue weighted by Crippen LogP contribution is 2.18. The van der Waals surface area contributed by atoms with Crippen molar-refractivity contribution in [3.8, 4) is 11.5 Å². The first-order valence-corrected chi connectivity index (χ1v) is 7.28. The largest absolute Gasteiger partial charge is 0.493 e. The van der Waals surface area contributed by atoms with E-state index in [2.05, 4.69) is 15.9 Å². The van der Waals surface area contributed by atoms with Crippen LogP contribution in [0.2, 0.25) is 0 Å². The molecule has 0 aliphatic heterocycles. The lowest BCUT2D eigenvalue weighted by Crippen LogP contribution is -2.05. The number of hydrogen-bond donors (Lipinski definition) is 1. The Hall–Kier alpha value is -1.52. The van der Waals surface area contributed by atoms with E-state index >= 15 is 0 Å². The molecule has 0 unspecified atom stereocenters. The van der Waals surface area contributed by atoms with Gasteiger partial charge in [0.05, 0.1) is 19.8 Å². The molecule has 2 rings (SSSR count). The maximum Gasteiger partial charge on any atom is 0.120 e. The van der Waals surface area contributed by atoms with Crippen LogP contribution in [-0.2, 0) is 6.61 Å². The zero-order valence-corrected chi connectivity index (χ0v) is 12.7. The molecule has 0 aliphatic carbocycles. The average Bonchev–Trinajstić information content (AvgIpc) is 2.47. The molecule has 0 bridgehead atoms. The molecule has 0 saturated carbocycles. The van der Waals surface area contributed by atoms with Crippen molar-refractivity contribution in [3.63, 3.8) is 0 Å². The Balaban J connectivity index is 1.68. The van der Waals surface area contributed by atoms with Gasteiger partial charge in [0.15, 0.2) is 0 Å². The first-order valence-electron chi connectivity index (χ1n) is 6.49. The Morgan fingerprint density at radius 2 is 1.55 bits per heavy atom. The molecular weight excluding hydrogens is 320 g/mol. The quantitative estimate of drug-likeness (QED) is 0.782. The second-order valence-corrected chi connectivity index (χ2v) is 5.23. The normalized spacial score (nSPS) is 10.3. The van der Waals surface area contributed by atoms with Gasteiger partial charge in [-0.1, -0.05) is 34.1 Å². The highest BCUT2D eigenvalue weighted by atomic mass is 79.9. The molecule has 4 heteroatoms. The van der Waals surface area contributed by atoms with Gasteiger partial charge in [0.25, 0.3) is 0 Å². The van der Waals surface area contributed by atoms with E-state index < -0.39 is 0 Å². The predicted molar refractivity (Wildman–Crippen MR) is 82.1 cm³/mol. The first kappa shape index (κ1) is 14.9. The van der Waals surface area contributed by atoms with Crippen molar-refractivity contribution in [2.24, 2.45) is 0 Å². The Morgan fingerprint density at radius 1 is 0.900 bits per heavy atom. The molecule has 0 amide bonds. The van der Waals surface area contributed by atoms with Crippen LogP contribution in [-0.4, -0.2) is 18.3 Å². The van der Waals surface area contributed by atoms with E-state index in [-0.39, 0.29) is 6.61 Å². The summed E-state index contributed by atoms with van der Waals surface area (Å²) in [6, 6.07) is 15.2. The van der Waals surface area contributed by atoms with Crippen LogP contribution >= 0.6 is 15.9 Å². The Kier molecular flexibility index (Phi) is 5.89. The summed E-state index contributed by atoms with van der Waals surface area (Å²) in [7, 11) is 0. The number of rotatable bonds is 7. The highest BCUT2D eigenvalue weighted by Gasteiger charge is 1.98. The van der Waals surface area contributed by atoms with Crippen LogP contribution in [0, 0.1) is 0 Å². The zero-order chi connectivity index (χ0) is 14.2. The molecule has 0 spiro atoms. The van der Waals surface area contributed by atoms with Gasteiger partial charge in [-0.3, -0.25) is 0 Å². The maximum atomic E-state index is 9.04. The van der Waals surface area contributed by atoms with Gasteiger partial charge in [-0.05, 0) is 35.9 Å². The lowest BCUT2D eigenvalue weighted by Gasteiger charge is -2.09. The lowest BCUT2D eigenvalue weighted by atomic mass is 10.2. The molecule has 0 fully saturated rings. The predicted octanol–water partition coefficient (Wildman–Crippen LogP) is 3.79. The summed E-state index contributed by atoms with van der Waals surface area (Å²) in [5.74, 6) is 1.63. The van der Waals surface area contributed by atoms with Gasteiger partial charge in [-0.25, -0.2) is 0 Å². The fourth-order valence-electron chi connectivity index (χ4n) is 1.73.